The first-order chi connectivity index (χ1) is 31.2. The van der Waals surface area contributed by atoms with E-state index in [1.807, 2.05) is 0 Å². The maximum absolute atomic E-state index is 14.1. The first kappa shape index (κ1) is 45.2. The summed E-state index contributed by atoms with van der Waals surface area (Å²) in [5, 5.41) is 81.6. The molecular weight excluding hydrogens is 857 g/mol. The van der Waals surface area contributed by atoms with Gasteiger partial charge in [-0.3, -0.25) is 33.7 Å². The van der Waals surface area contributed by atoms with Crippen LogP contribution in [-0.2, 0) is 36.8 Å². The molecule has 6 aliphatic rings. The second kappa shape index (κ2) is 16.2. The maximum atomic E-state index is 14.1. The number of aliphatic hydroxyl groups is 5. The fourth-order valence-electron chi connectivity index (χ4n) is 11.0. The van der Waals surface area contributed by atoms with Crippen molar-refractivity contribution in [2.45, 2.75) is 75.0 Å². The molecule has 1 saturated carbocycles. The van der Waals surface area contributed by atoms with Gasteiger partial charge in [-0.05, 0) is 105 Å². The third kappa shape index (κ3) is 6.54. The van der Waals surface area contributed by atoms with E-state index in [1.54, 1.807) is 12.1 Å². The molecule has 0 saturated heterocycles. The minimum Gasteiger partial charge on any atom is -0.508 e. The molecule has 7 atom stereocenters. The number of phenols is 2. The van der Waals surface area contributed by atoms with Crippen LogP contribution >= 0.6 is 0 Å². The number of carbonyl (C=O) groups excluding carboxylic acids is 6. The number of phenolic OH excluding ortho intramolecular Hbond substituents is 2. The molecule has 0 radical (unpaired) electrons. The van der Waals surface area contributed by atoms with Gasteiger partial charge in [0.15, 0.2) is 28.6 Å². The molecule has 0 spiro atoms. The van der Waals surface area contributed by atoms with Crippen molar-refractivity contribution in [1.82, 2.24) is 4.90 Å². The van der Waals surface area contributed by atoms with Gasteiger partial charge < -0.3 is 47.2 Å². The van der Waals surface area contributed by atoms with Crippen LogP contribution in [0.15, 0.2) is 69.0 Å². The minimum absolute atomic E-state index is 0.0404. The van der Waals surface area contributed by atoms with E-state index >= 15 is 0 Å². The number of fused-ring (bicyclic) bond motifs is 6. The van der Waals surface area contributed by atoms with Crippen LogP contribution in [-0.4, -0.2) is 107 Å². The Morgan fingerprint density at radius 3 is 1.82 bits per heavy atom. The molecule has 0 heterocycles. The zero-order chi connectivity index (χ0) is 47.9. The van der Waals surface area contributed by atoms with Gasteiger partial charge in [0.2, 0.25) is 5.78 Å². The lowest BCUT2D eigenvalue weighted by atomic mass is 9.57. The predicted molar refractivity (Wildman–Crippen MR) is 230 cm³/mol. The van der Waals surface area contributed by atoms with Gasteiger partial charge in [0.1, 0.15) is 45.6 Å². The Balaban J connectivity index is 0.985. The summed E-state index contributed by atoms with van der Waals surface area (Å²) in [5.74, 6) is -1.39. The first-order valence-electron chi connectivity index (χ1n) is 21.1. The van der Waals surface area contributed by atoms with Gasteiger partial charge in [0.05, 0.1) is 17.2 Å². The monoisotopic (exact) mass is 900 g/mol. The van der Waals surface area contributed by atoms with E-state index in [1.165, 1.54) is 31.1 Å². The third-order valence-electron chi connectivity index (χ3n) is 13.9. The lowest BCUT2D eigenvalue weighted by molar-refractivity contribution is -0.153. The molecule has 18 nitrogen and oxygen atoms in total. The number of aromatic hydroxyl groups is 2. The number of primary amides is 2. The average molecular weight is 901 g/mol. The van der Waals surface area contributed by atoms with Gasteiger partial charge in [-0.1, -0.05) is 23.7 Å². The quantitative estimate of drug-likeness (QED) is 0.0831. The summed E-state index contributed by atoms with van der Waals surface area (Å²) in [4.78, 5) is 92.1. The van der Waals surface area contributed by atoms with E-state index < -0.39 is 122 Å². The zero-order valence-electron chi connectivity index (χ0n) is 35.6. The first-order valence-corrected chi connectivity index (χ1v) is 21.1. The number of rotatable bonds is 7. The van der Waals surface area contributed by atoms with Gasteiger partial charge >= 0.3 is 0 Å². The Hall–Kier alpha value is -7.38. The summed E-state index contributed by atoms with van der Waals surface area (Å²) >= 11 is 0. The summed E-state index contributed by atoms with van der Waals surface area (Å²) < 4.78 is 0. The summed E-state index contributed by atoms with van der Waals surface area (Å²) in [6.45, 7) is 0. The minimum atomic E-state index is -2.75. The van der Waals surface area contributed by atoms with Gasteiger partial charge in [-0.15, -0.1) is 4.91 Å². The molecule has 2 amide bonds. The highest BCUT2D eigenvalue weighted by molar-refractivity contribution is 6.25. The van der Waals surface area contributed by atoms with Gasteiger partial charge in [0, 0.05) is 53.4 Å². The molecule has 0 bridgehead atoms. The molecule has 8 rings (SSSR count). The Labute approximate surface area is 375 Å². The number of aliphatic hydroxyl groups excluding tert-OH is 3. The van der Waals surface area contributed by atoms with E-state index in [4.69, 9.17) is 11.5 Å². The second-order valence-corrected chi connectivity index (χ2v) is 17.7. The lowest BCUT2D eigenvalue weighted by Crippen LogP contribution is -2.65. The SMILES string of the molecule is CN(C)[C@@H]1C(=O)C(C(N)=O)=C(O)[C@@]2(O)C(=O)C3=C(O)c4c(O)ccc(C#CCCCCC#Cc5ccc(O)c6c5C[C@H]5C[C@H]7CC(=O)C(C(N)=O)=C(O)[C@@]7(O)C(N=O)=C5C6=O)c4C[C@H]3C[C@@H]12. The fourth-order valence-corrected chi connectivity index (χ4v) is 11.0. The molecular formula is C48H44N4O14. The number of amides is 2. The standard InChI is InChI=1S/C48H44N4O14/c1-52(2)37-27-18-23-17-26-21(12-14-29(54)34(26)39(57)32(23)42(59)48(27,65)44(61)36(40(37)58)46(50)63)10-8-6-4-3-5-7-9-20-11-13-28(53)33-25(20)16-22-15-24-19-30(55)35(45(49)62)43(60)47(24,64)41(51-66)31(22)38(33)56/h11-14,22-24,27,37,53-54,57,60-61,64-65H,3-6,15-19H2,1-2H3,(H2,49,62)(H2,50,63)/t22-,23+,24+,27+,37+,47+,48+/m1/s1. The smallest absolute Gasteiger partial charge is 0.255 e. The van der Waals surface area contributed by atoms with Crippen molar-refractivity contribution in [3.63, 3.8) is 0 Å². The number of benzene rings is 2. The Morgan fingerprint density at radius 2 is 1.27 bits per heavy atom. The highest BCUT2D eigenvalue weighted by Crippen LogP contribution is 2.55. The average Bonchev–Trinajstić information content (AvgIpc) is 3.24. The molecule has 66 heavy (non-hydrogen) atoms. The molecule has 340 valence electrons. The van der Waals surface area contributed by atoms with Crippen LogP contribution in [0.25, 0.3) is 5.76 Å². The molecule has 1 fully saturated rings. The second-order valence-electron chi connectivity index (χ2n) is 17.7. The number of allylic oxidation sites excluding steroid dienone is 1. The van der Waals surface area contributed by atoms with Gasteiger partial charge in [-0.25, -0.2) is 0 Å². The van der Waals surface area contributed by atoms with E-state index in [-0.39, 0.29) is 53.7 Å². The number of nitroso groups, excluding NO2 is 1. The molecule has 11 N–H and O–H groups in total. The Bertz CT molecular complexity index is 2920. The predicted octanol–water partition coefficient (Wildman–Crippen LogP) is 2.03. The van der Waals surface area contributed by atoms with Crippen molar-refractivity contribution < 1.29 is 64.5 Å². The van der Waals surface area contributed by atoms with Crippen molar-refractivity contribution in [3.05, 3.63) is 102 Å². The molecule has 0 aromatic heterocycles. The number of Topliss-reactive ketones (excluding diaryl/α,β-unsaturated/α-hetero) is 4. The molecule has 0 aliphatic heterocycles. The van der Waals surface area contributed by atoms with Crippen LogP contribution in [0.3, 0.4) is 0 Å². The summed E-state index contributed by atoms with van der Waals surface area (Å²) in [6.07, 6.45) is 1.65. The molecule has 18 heteroatoms. The number of nitrogens with zero attached hydrogens (tertiary/aromatic N) is 2. The van der Waals surface area contributed by atoms with Crippen molar-refractivity contribution in [1.29, 1.82) is 0 Å². The van der Waals surface area contributed by atoms with Crippen molar-refractivity contribution >= 4 is 40.7 Å². The van der Waals surface area contributed by atoms with Crippen molar-refractivity contribution in [3.8, 4) is 35.2 Å². The summed E-state index contributed by atoms with van der Waals surface area (Å²) in [5.41, 5.74) is 3.82. The van der Waals surface area contributed by atoms with Crippen LogP contribution < -0.4 is 11.5 Å². The summed E-state index contributed by atoms with van der Waals surface area (Å²) in [6, 6.07) is 4.50. The van der Waals surface area contributed by atoms with Crippen LogP contribution in [0, 0.1) is 52.3 Å². The highest BCUT2D eigenvalue weighted by atomic mass is 16.4. The number of unbranched alkanes of at least 4 members (excludes halogenated alkanes) is 3. The number of nitrogens with two attached hydrogens (primary N) is 2. The molecule has 2 aromatic rings. The highest BCUT2D eigenvalue weighted by Gasteiger charge is 2.64. The summed E-state index contributed by atoms with van der Waals surface area (Å²) in [7, 11) is 3.04. The largest absolute Gasteiger partial charge is 0.508 e. The van der Waals surface area contributed by atoms with Crippen molar-refractivity contribution in [2.24, 2.45) is 40.3 Å². The van der Waals surface area contributed by atoms with E-state index in [2.05, 4.69) is 28.9 Å². The Kier molecular flexibility index (Phi) is 11.1. The van der Waals surface area contributed by atoms with E-state index in [9.17, 15) is 69.4 Å². The topological polar surface area (TPSA) is 329 Å². The van der Waals surface area contributed by atoms with Gasteiger partial charge in [0.25, 0.3) is 11.8 Å². The maximum Gasteiger partial charge on any atom is 0.255 e. The number of ketones is 4. The van der Waals surface area contributed by atoms with Crippen LogP contribution in [0.4, 0.5) is 0 Å². The third-order valence-corrected chi connectivity index (χ3v) is 13.9. The lowest BCUT2D eigenvalue weighted by Gasteiger charge is -2.50. The fraction of sp³-hybridized carbons (Fsp3) is 0.375. The zero-order valence-corrected chi connectivity index (χ0v) is 35.6. The van der Waals surface area contributed by atoms with Crippen LogP contribution in [0.1, 0.15) is 83.1 Å². The van der Waals surface area contributed by atoms with E-state index in [0.717, 1.165) is 0 Å². The van der Waals surface area contributed by atoms with Crippen LogP contribution in [0.2, 0.25) is 0 Å². The number of hydrogen-bond acceptors (Lipinski definition) is 16. The normalized spacial score (nSPS) is 27.7. The van der Waals surface area contributed by atoms with Crippen molar-refractivity contribution in [2.75, 3.05) is 14.1 Å². The molecule has 6 aliphatic carbocycles. The van der Waals surface area contributed by atoms with E-state index in [0.29, 0.717) is 47.9 Å². The van der Waals surface area contributed by atoms with Gasteiger partial charge in [-0.2, -0.15) is 0 Å². The molecule has 2 aromatic carbocycles. The number of hydrogen-bond donors (Lipinski definition) is 9. The number of likely N-dealkylation sites (N-methyl/N-ethyl adjacent to an activating group) is 1. The molecule has 0 unspecified atom stereocenters. The number of carbonyl (C=O) groups is 6. The van der Waals surface area contributed by atoms with Crippen LogP contribution in [0.5, 0.6) is 11.5 Å². The Morgan fingerprint density at radius 1 is 0.742 bits per heavy atom.